The predicted molar refractivity (Wildman–Crippen MR) is 175 cm³/mol. The van der Waals surface area contributed by atoms with Gasteiger partial charge in [-0.15, -0.1) is 11.3 Å². The van der Waals surface area contributed by atoms with E-state index in [9.17, 15) is 0 Å². The zero-order chi connectivity index (χ0) is 27.6. The molecule has 4 aromatic heterocycles. The number of fused-ring (bicyclic) bond motifs is 8. The number of thiophene rings is 1. The fourth-order valence-corrected chi connectivity index (χ4v) is 7.38. The molecule has 196 valence electrons. The second kappa shape index (κ2) is 9.06. The van der Waals surface area contributed by atoms with Gasteiger partial charge >= 0.3 is 0 Å². The number of para-hydroxylation sites is 2. The van der Waals surface area contributed by atoms with Crippen LogP contribution < -0.4 is 0 Å². The van der Waals surface area contributed by atoms with Gasteiger partial charge in [0.05, 0.1) is 22.2 Å². The summed E-state index contributed by atoms with van der Waals surface area (Å²) in [6.07, 6.45) is 1.88. The summed E-state index contributed by atoms with van der Waals surface area (Å²) in [5, 5.41) is 6.05. The Balaban J connectivity index is 1.23. The molecule has 4 nitrogen and oxygen atoms in total. The first-order chi connectivity index (χ1) is 20.8. The number of rotatable bonds is 3. The van der Waals surface area contributed by atoms with Gasteiger partial charge in [-0.1, -0.05) is 72.8 Å². The Morgan fingerprint density at radius 3 is 2.17 bits per heavy atom. The summed E-state index contributed by atoms with van der Waals surface area (Å²) in [4.78, 5) is 15.8. The SMILES string of the molecule is c1ccc(-c2nc(-c3ccc(-n4c5ccccc5c5c6sc7ncccc7c6ccc54)cc3)nc3ccccc23)cc1. The minimum absolute atomic E-state index is 0.723. The van der Waals surface area contributed by atoms with E-state index < -0.39 is 0 Å². The highest BCUT2D eigenvalue weighted by Crippen LogP contribution is 2.42. The Kier molecular flexibility index (Phi) is 5.03. The molecule has 0 aliphatic carbocycles. The number of aromatic nitrogens is 4. The summed E-state index contributed by atoms with van der Waals surface area (Å²) in [7, 11) is 0. The van der Waals surface area contributed by atoms with E-state index in [2.05, 4.69) is 113 Å². The van der Waals surface area contributed by atoms with Gasteiger partial charge < -0.3 is 4.57 Å². The molecule has 9 rings (SSSR count). The van der Waals surface area contributed by atoms with E-state index in [1.165, 1.54) is 37.3 Å². The maximum Gasteiger partial charge on any atom is 0.160 e. The quantitative estimate of drug-likeness (QED) is 0.218. The van der Waals surface area contributed by atoms with Crippen molar-refractivity contribution in [2.75, 3.05) is 0 Å². The van der Waals surface area contributed by atoms with Crippen LogP contribution in [-0.2, 0) is 0 Å². The molecule has 5 aromatic carbocycles. The van der Waals surface area contributed by atoms with E-state index in [0.29, 0.717) is 0 Å². The molecular formula is C37H22N4S. The van der Waals surface area contributed by atoms with Crippen molar-refractivity contribution in [2.45, 2.75) is 0 Å². The fourth-order valence-electron chi connectivity index (χ4n) is 6.18. The second-order valence-corrected chi connectivity index (χ2v) is 11.5. The highest BCUT2D eigenvalue weighted by atomic mass is 32.1. The van der Waals surface area contributed by atoms with Crippen LogP contribution in [0.1, 0.15) is 0 Å². The van der Waals surface area contributed by atoms with Crippen molar-refractivity contribution in [3.05, 3.63) is 134 Å². The minimum Gasteiger partial charge on any atom is -0.309 e. The molecule has 0 N–H and O–H groups in total. The van der Waals surface area contributed by atoms with Crippen LogP contribution in [0.2, 0.25) is 0 Å². The summed E-state index contributed by atoms with van der Waals surface area (Å²) in [6, 6.07) is 44.6. The van der Waals surface area contributed by atoms with Crippen LogP contribution in [0.3, 0.4) is 0 Å². The Labute approximate surface area is 245 Å². The average Bonchev–Trinajstić information content (AvgIpc) is 3.60. The van der Waals surface area contributed by atoms with Gasteiger partial charge in [-0.25, -0.2) is 15.0 Å². The van der Waals surface area contributed by atoms with Crippen LogP contribution in [0, 0.1) is 0 Å². The molecule has 0 unspecified atom stereocenters. The van der Waals surface area contributed by atoms with E-state index >= 15 is 0 Å². The highest BCUT2D eigenvalue weighted by Gasteiger charge is 2.18. The molecule has 0 spiro atoms. The summed E-state index contributed by atoms with van der Waals surface area (Å²) in [5.74, 6) is 0.723. The zero-order valence-corrected chi connectivity index (χ0v) is 23.2. The molecule has 0 radical (unpaired) electrons. The van der Waals surface area contributed by atoms with E-state index in [1.54, 1.807) is 11.3 Å². The van der Waals surface area contributed by atoms with E-state index in [1.807, 2.05) is 30.5 Å². The number of benzene rings is 5. The largest absolute Gasteiger partial charge is 0.309 e. The molecule has 0 fully saturated rings. The first kappa shape index (κ1) is 23.3. The molecule has 0 saturated carbocycles. The van der Waals surface area contributed by atoms with Gasteiger partial charge in [-0.2, -0.15) is 0 Å². The topological polar surface area (TPSA) is 43.6 Å². The molecule has 5 heteroatoms. The fraction of sp³-hybridized carbons (Fsp3) is 0. The van der Waals surface area contributed by atoms with Gasteiger partial charge in [0.1, 0.15) is 4.83 Å². The van der Waals surface area contributed by atoms with E-state index in [-0.39, 0.29) is 0 Å². The third kappa shape index (κ3) is 3.44. The summed E-state index contributed by atoms with van der Waals surface area (Å²) >= 11 is 1.77. The normalized spacial score (nSPS) is 11.8. The zero-order valence-electron chi connectivity index (χ0n) is 22.4. The Morgan fingerprint density at radius 1 is 0.524 bits per heavy atom. The van der Waals surface area contributed by atoms with Crippen molar-refractivity contribution in [3.8, 4) is 28.3 Å². The van der Waals surface area contributed by atoms with Crippen molar-refractivity contribution in [3.63, 3.8) is 0 Å². The van der Waals surface area contributed by atoms with Gasteiger partial charge in [-0.05, 0) is 54.6 Å². The highest BCUT2D eigenvalue weighted by molar-refractivity contribution is 7.26. The maximum atomic E-state index is 5.07. The minimum atomic E-state index is 0.723. The third-order valence-corrected chi connectivity index (χ3v) is 9.23. The lowest BCUT2D eigenvalue weighted by Gasteiger charge is -2.11. The van der Waals surface area contributed by atoms with Gasteiger partial charge in [0, 0.05) is 54.6 Å². The summed E-state index contributed by atoms with van der Waals surface area (Å²) < 4.78 is 3.65. The first-order valence-corrected chi connectivity index (χ1v) is 14.8. The predicted octanol–water partition coefficient (Wildman–Crippen LogP) is 9.82. The Bertz CT molecular complexity index is 2460. The molecular weight excluding hydrogens is 533 g/mol. The smallest absolute Gasteiger partial charge is 0.160 e. The van der Waals surface area contributed by atoms with Crippen LogP contribution in [0.25, 0.3) is 81.3 Å². The molecule has 9 aromatic rings. The standard InChI is InChI=1S/C37H22N4S/c1-2-9-23(10-3-1)34-28-11-4-6-14-30(28)39-36(40-34)24-16-18-25(19-17-24)41-31-15-7-5-12-29(31)33-32(41)21-20-26-27-13-8-22-38-37(27)42-35(26)33/h1-22H. The van der Waals surface area contributed by atoms with Crippen LogP contribution in [0.5, 0.6) is 0 Å². The lowest BCUT2D eigenvalue weighted by atomic mass is 10.1. The van der Waals surface area contributed by atoms with Crippen molar-refractivity contribution >= 4 is 64.3 Å². The van der Waals surface area contributed by atoms with E-state index in [4.69, 9.17) is 9.97 Å². The van der Waals surface area contributed by atoms with E-state index in [0.717, 1.165) is 44.1 Å². The molecule has 0 amide bonds. The van der Waals surface area contributed by atoms with Crippen molar-refractivity contribution in [2.24, 2.45) is 0 Å². The van der Waals surface area contributed by atoms with Gasteiger partial charge in [0.25, 0.3) is 0 Å². The van der Waals surface area contributed by atoms with Crippen molar-refractivity contribution < 1.29 is 0 Å². The first-order valence-electron chi connectivity index (χ1n) is 14.0. The molecule has 0 atom stereocenters. The summed E-state index contributed by atoms with van der Waals surface area (Å²) in [6.45, 7) is 0. The van der Waals surface area contributed by atoms with Gasteiger partial charge in [-0.3, -0.25) is 0 Å². The molecule has 0 saturated heterocycles. The van der Waals surface area contributed by atoms with Crippen LogP contribution in [-0.4, -0.2) is 19.5 Å². The lowest BCUT2D eigenvalue weighted by molar-refractivity contribution is 1.17. The van der Waals surface area contributed by atoms with Crippen LogP contribution >= 0.6 is 11.3 Å². The Hall–Kier alpha value is -5.39. The number of pyridine rings is 1. The summed E-state index contributed by atoms with van der Waals surface area (Å²) in [5.41, 5.74) is 7.44. The molecule has 0 aliphatic heterocycles. The molecule has 0 bridgehead atoms. The number of nitrogens with zero attached hydrogens (tertiary/aromatic N) is 4. The van der Waals surface area contributed by atoms with Gasteiger partial charge in [0.15, 0.2) is 5.82 Å². The molecule has 4 heterocycles. The second-order valence-electron chi connectivity index (χ2n) is 10.5. The van der Waals surface area contributed by atoms with Crippen molar-refractivity contribution in [1.82, 2.24) is 19.5 Å². The maximum absolute atomic E-state index is 5.07. The monoisotopic (exact) mass is 554 g/mol. The van der Waals surface area contributed by atoms with Crippen LogP contribution in [0.15, 0.2) is 134 Å². The number of hydrogen-bond acceptors (Lipinski definition) is 4. The third-order valence-electron chi connectivity index (χ3n) is 8.09. The van der Waals surface area contributed by atoms with Crippen LogP contribution in [0.4, 0.5) is 0 Å². The lowest BCUT2D eigenvalue weighted by Crippen LogP contribution is -1.96. The van der Waals surface area contributed by atoms with Crippen molar-refractivity contribution in [1.29, 1.82) is 0 Å². The number of hydrogen-bond donors (Lipinski definition) is 0. The molecule has 0 aliphatic rings. The Morgan fingerprint density at radius 2 is 1.29 bits per heavy atom. The molecule has 42 heavy (non-hydrogen) atoms. The average molecular weight is 555 g/mol. The van der Waals surface area contributed by atoms with Gasteiger partial charge in [0.2, 0.25) is 0 Å².